The number of piperazine rings is 1. The third-order valence-corrected chi connectivity index (χ3v) is 10.4. The van der Waals surface area contributed by atoms with Crippen molar-refractivity contribution in [2.24, 2.45) is 5.92 Å². The highest BCUT2D eigenvalue weighted by molar-refractivity contribution is 7.92. The van der Waals surface area contributed by atoms with Gasteiger partial charge in [-0.3, -0.25) is 9.52 Å². The quantitative estimate of drug-likeness (QED) is 0.627. The highest BCUT2D eigenvalue weighted by atomic mass is 32.2. The number of carbonyl (C=O) groups is 1. The van der Waals surface area contributed by atoms with Crippen molar-refractivity contribution in [3.63, 3.8) is 0 Å². The second-order valence-corrected chi connectivity index (χ2v) is 13.2. The minimum Gasteiger partial charge on any atom is -0.312 e. The number of nitrogens with one attached hydrogen (secondary N) is 1. The summed E-state index contributed by atoms with van der Waals surface area (Å²) in [6, 6.07) is 9.37. The third-order valence-electron chi connectivity index (χ3n) is 6.97. The molecule has 0 spiro atoms. The number of sulfonamides is 2. The van der Waals surface area contributed by atoms with E-state index in [1.807, 2.05) is 7.05 Å². The summed E-state index contributed by atoms with van der Waals surface area (Å²) in [5.74, 6) is 0.218. The van der Waals surface area contributed by atoms with Gasteiger partial charge in [-0.15, -0.1) is 0 Å². The average molecular weight is 519 g/mol. The number of benzene rings is 2. The Morgan fingerprint density at radius 3 is 2.34 bits per heavy atom. The minimum absolute atomic E-state index is 0.0843. The molecule has 1 saturated carbocycles. The smallest absolute Gasteiger partial charge is 0.261 e. The lowest BCUT2D eigenvalue weighted by atomic mass is 10.2. The van der Waals surface area contributed by atoms with E-state index in [1.165, 1.54) is 16.4 Å². The normalized spacial score (nSPS) is 19.5. The fraction of sp³-hybridized carbons (Fsp3) is 0.458. The molecule has 5 rings (SSSR count). The van der Waals surface area contributed by atoms with Gasteiger partial charge >= 0.3 is 0 Å². The van der Waals surface area contributed by atoms with Crippen molar-refractivity contribution < 1.29 is 21.6 Å². The van der Waals surface area contributed by atoms with Crippen LogP contribution < -0.4 is 9.62 Å². The second-order valence-electron chi connectivity index (χ2n) is 9.60. The van der Waals surface area contributed by atoms with Gasteiger partial charge in [-0.25, -0.2) is 16.8 Å². The summed E-state index contributed by atoms with van der Waals surface area (Å²) in [5.41, 5.74) is 2.35. The predicted octanol–water partition coefficient (Wildman–Crippen LogP) is 2.03. The summed E-state index contributed by atoms with van der Waals surface area (Å²) in [6.45, 7) is 4.34. The van der Waals surface area contributed by atoms with Crippen LogP contribution in [0.3, 0.4) is 0 Å². The van der Waals surface area contributed by atoms with Gasteiger partial charge < -0.3 is 9.80 Å². The van der Waals surface area contributed by atoms with Gasteiger partial charge in [0.2, 0.25) is 15.9 Å². The molecule has 1 amide bonds. The molecule has 0 bridgehead atoms. The molecule has 2 fully saturated rings. The van der Waals surface area contributed by atoms with E-state index < -0.39 is 20.0 Å². The van der Waals surface area contributed by atoms with Crippen molar-refractivity contribution in [1.82, 2.24) is 9.21 Å². The van der Waals surface area contributed by atoms with E-state index in [0.717, 1.165) is 24.1 Å². The summed E-state index contributed by atoms with van der Waals surface area (Å²) >= 11 is 0. The van der Waals surface area contributed by atoms with E-state index in [4.69, 9.17) is 0 Å². The van der Waals surface area contributed by atoms with Crippen molar-refractivity contribution in [2.45, 2.75) is 36.0 Å². The number of anilines is 2. The molecule has 0 atom stereocenters. The third kappa shape index (κ3) is 4.69. The Bertz CT molecular complexity index is 1380. The van der Waals surface area contributed by atoms with Crippen LogP contribution in [0.5, 0.6) is 0 Å². The molecule has 1 N–H and O–H groups in total. The van der Waals surface area contributed by atoms with Crippen LogP contribution in [0.15, 0.2) is 46.2 Å². The first kappa shape index (κ1) is 24.2. The summed E-state index contributed by atoms with van der Waals surface area (Å²) in [5, 5.41) is 0. The van der Waals surface area contributed by atoms with E-state index in [0.29, 0.717) is 44.7 Å². The van der Waals surface area contributed by atoms with Crippen molar-refractivity contribution in [1.29, 1.82) is 0 Å². The van der Waals surface area contributed by atoms with Crippen LogP contribution in [0.1, 0.15) is 24.0 Å². The van der Waals surface area contributed by atoms with E-state index >= 15 is 0 Å². The van der Waals surface area contributed by atoms with Gasteiger partial charge in [-0.2, -0.15) is 4.31 Å². The Balaban J connectivity index is 1.38. The second kappa shape index (κ2) is 8.88. The zero-order valence-corrected chi connectivity index (χ0v) is 21.5. The maximum Gasteiger partial charge on any atom is 0.261 e. The van der Waals surface area contributed by atoms with Crippen molar-refractivity contribution in [3.05, 3.63) is 47.5 Å². The van der Waals surface area contributed by atoms with Crippen LogP contribution in [0.25, 0.3) is 0 Å². The molecule has 188 valence electrons. The van der Waals surface area contributed by atoms with Crippen molar-refractivity contribution in [3.8, 4) is 0 Å². The number of hydrogen-bond acceptors (Lipinski definition) is 6. The van der Waals surface area contributed by atoms with Crippen LogP contribution >= 0.6 is 0 Å². The van der Waals surface area contributed by atoms with E-state index in [-0.39, 0.29) is 27.3 Å². The first-order valence-corrected chi connectivity index (χ1v) is 14.7. The lowest BCUT2D eigenvalue weighted by Gasteiger charge is -2.32. The average Bonchev–Trinajstić information content (AvgIpc) is 3.58. The van der Waals surface area contributed by atoms with Gasteiger partial charge in [-0.05, 0) is 74.7 Å². The molecule has 0 unspecified atom stereocenters. The van der Waals surface area contributed by atoms with Gasteiger partial charge in [0.1, 0.15) is 0 Å². The Kier molecular flexibility index (Phi) is 6.15. The predicted molar refractivity (Wildman–Crippen MR) is 133 cm³/mol. The van der Waals surface area contributed by atoms with Gasteiger partial charge in [0.25, 0.3) is 10.0 Å². The number of amides is 1. The summed E-state index contributed by atoms with van der Waals surface area (Å²) in [4.78, 5) is 16.5. The maximum absolute atomic E-state index is 13.3. The van der Waals surface area contributed by atoms with Gasteiger partial charge in [0.15, 0.2) is 0 Å². The highest BCUT2D eigenvalue weighted by Gasteiger charge is 2.37. The number of aryl methyl sites for hydroxylation is 1. The van der Waals surface area contributed by atoms with Gasteiger partial charge in [0, 0.05) is 44.3 Å². The zero-order valence-electron chi connectivity index (χ0n) is 19.9. The van der Waals surface area contributed by atoms with Crippen LogP contribution in [0.2, 0.25) is 0 Å². The fourth-order valence-electron chi connectivity index (χ4n) is 4.65. The Labute approximate surface area is 206 Å². The Morgan fingerprint density at radius 1 is 0.943 bits per heavy atom. The number of hydrogen-bond donors (Lipinski definition) is 1. The molecule has 35 heavy (non-hydrogen) atoms. The van der Waals surface area contributed by atoms with Crippen molar-refractivity contribution >= 4 is 37.3 Å². The summed E-state index contributed by atoms with van der Waals surface area (Å²) < 4.78 is 56.8. The SMILES string of the molecule is Cc1ccc(NS(=O)(=O)c2ccc3c(c2)CCN3C(=O)C2CC2)cc1S(=O)(=O)N1CCN(C)CC1. The molecule has 0 aromatic heterocycles. The number of fused-ring (bicyclic) bond motifs is 1. The molecular formula is C24H30N4O5S2. The first-order valence-electron chi connectivity index (χ1n) is 11.8. The highest BCUT2D eigenvalue weighted by Crippen LogP contribution is 2.37. The molecule has 11 heteroatoms. The summed E-state index contributed by atoms with van der Waals surface area (Å²) in [7, 11) is -5.75. The van der Waals surface area contributed by atoms with E-state index in [1.54, 1.807) is 36.1 Å². The van der Waals surface area contributed by atoms with Gasteiger partial charge in [-0.1, -0.05) is 6.07 Å². The first-order chi connectivity index (χ1) is 16.6. The van der Waals surface area contributed by atoms with Crippen molar-refractivity contribution in [2.75, 3.05) is 49.4 Å². The molecule has 2 aromatic rings. The summed E-state index contributed by atoms with van der Waals surface area (Å²) in [6.07, 6.45) is 2.45. The molecule has 1 saturated heterocycles. The Morgan fingerprint density at radius 2 is 1.66 bits per heavy atom. The molecule has 1 aliphatic carbocycles. The lowest BCUT2D eigenvalue weighted by Crippen LogP contribution is -2.47. The molecule has 2 aromatic carbocycles. The van der Waals surface area contributed by atoms with Crippen LogP contribution in [0, 0.1) is 12.8 Å². The number of rotatable bonds is 6. The topological polar surface area (TPSA) is 107 Å². The molecule has 0 radical (unpaired) electrons. The number of nitrogens with zero attached hydrogens (tertiary/aromatic N) is 3. The monoisotopic (exact) mass is 518 g/mol. The lowest BCUT2D eigenvalue weighted by molar-refractivity contribution is -0.119. The molecule has 2 aliphatic heterocycles. The maximum atomic E-state index is 13.3. The number of carbonyl (C=O) groups excluding carboxylic acids is 1. The Hall–Kier alpha value is -2.47. The zero-order chi connectivity index (χ0) is 25.0. The van der Waals surface area contributed by atoms with Crippen LogP contribution in [0.4, 0.5) is 11.4 Å². The number of likely N-dealkylation sites (N-methyl/N-ethyl adjacent to an activating group) is 1. The largest absolute Gasteiger partial charge is 0.312 e. The standard InChI is InChI=1S/C24H30N4O5S2/c1-17-3-6-20(16-23(17)35(32,33)27-13-11-26(2)12-14-27)25-34(30,31)21-7-8-22-19(15-21)9-10-28(22)24(29)18-4-5-18/h3,6-8,15-16,18,25H,4-5,9-14H2,1-2H3. The minimum atomic E-state index is -3.95. The molecular weight excluding hydrogens is 488 g/mol. The fourth-order valence-corrected chi connectivity index (χ4v) is 7.42. The van der Waals surface area contributed by atoms with Crippen LogP contribution in [-0.4, -0.2) is 71.7 Å². The van der Waals surface area contributed by atoms with E-state index in [9.17, 15) is 21.6 Å². The molecule has 2 heterocycles. The van der Waals surface area contributed by atoms with E-state index in [2.05, 4.69) is 9.62 Å². The molecule has 9 nitrogen and oxygen atoms in total. The van der Waals surface area contributed by atoms with Crippen LogP contribution in [-0.2, 0) is 31.3 Å². The van der Waals surface area contributed by atoms with Gasteiger partial charge in [0.05, 0.1) is 15.5 Å². The molecule has 3 aliphatic rings.